The number of ether oxygens (including phenoxy) is 1. The molecule has 0 radical (unpaired) electrons. The summed E-state index contributed by atoms with van der Waals surface area (Å²) < 4.78 is 5.75. The fourth-order valence-electron chi connectivity index (χ4n) is 2.93. The van der Waals surface area contributed by atoms with Crippen LogP contribution in [0.4, 0.5) is 0 Å². The van der Waals surface area contributed by atoms with Crippen LogP contribution < -0.4 is 4.74 Å². The lowest BCUT2D eigenvalue weighted by atomic mass is 10.0. The zero-order valence-electron chi connectivity index (χ0n) is 15.6. The average molecular weight is 353 g/mol. The third-order valence-electron chi connectivity index (χ3n) is 4.39. The maximum absolute atomic E-state index is 10.3. The predicted octanol–water partition coefficient (Wildman–Crippen LogP) is 5.11. The van der Waals surface area contributed by atoms with Crippen molar-refractivity contribution in [1.29, 1.82) is 0 Å². The Morgan fingerprint density at radius 2 is 1.65 bits per heavy atom. The summed E-state index contributed by atoms with van der Waals surface area (Å²) in [5.41, 5.74) is 2.14. The topological polar surface area (TPSA) is 60.2 Å². The van der Waals surface area contributed by atoms with Gasteiger partial charge in [0.2, 0.25) is 0 Å². The number of phenols is 1. The molecule has 26 heavy (non-hydrogen) atoms. The van der Waals surface area contributed by atoms with Gasteiger partial charge < -0.3 is 9.84 Å². The van der Waals surface area contributed by atoms with Crippen LogP contribution in [-0.4, -0.2) is 26.7 Å². The van der Waals surface area contributed by atoms with Gasteiger partial charge in [0.05, 0.1) is 6.61 Å². The van der Waals surface area contributed by atoms with Crippen LogP contribution in [0.15, 0.2) is 42.5 Å². The number of benzene rings is 2. The molecular weight excluding hydrogens is 326 g/mol. The van der Waals surface area contributed by atoms with Gasteiger partial charge in [-0.1, -0.05) is 51.7 Å². The number of aromatic hydroxyl groups is 1. The highest BCUT2D eigenvalue weighted by molar-refractivity contribution is 5.73. The molecule has 0 spiro atoms. The molecule has 1 aromatic heterocycles. The summed E-state index contributed by atoms with van der Waals surface area (Å²) in [5.74, 6) is 1.57. The van der Waals surface area contributed by atoms with Gasteiger partial charge in [-0.2, -0.15) is 0 Å². The molecule has 1 N–H and O–H groups in total. The summed E-state index contributed by atoms with van der Waals surface area (Å²) in [6, 6.07) is 12.9. The first kappa shape index (κ1) is 18.2. The van der Waals surface area contributed by atoms with Crippen molar-refractivity contribution in [3.05, 3.63) is 42.5 Å². The summed E-state index contributed by atoms with van der Waals surface area (Å²) in [6.45, 7) is 5.20. The first-order valence-electron chi connectivity index (χ1n) is 9.42. The molecule has 2 aromatic carbocycles. The number of fused-ring (bicyclic) bond motifs is 1. The fourth-order valence-corrected chi connectivity index (χ4v) is 2.93. The molecule has 0 aliphatic heterocycles. The maximum atomic E-state index is 10.3. The Bertz CT molecular complexity index is 809. The lowest BCUT2D eigenvalue weighted by Gasteiger charge is -2.09. The van der Waals surface area contributed by atoms with Crippen LogP contribution in [0.2, 0.25) is 0 Å². The molecule has 0 aliphatic carbocycles. The van der Waals surface area contributed by atoms with Gasteiger partial charge in [0, 0.05) is 6.07 Å². The molecule has 5 heteroatoms. The van der Waals surface area contributed by atoms with E-state index >= 15 is 0 Å². The van der Waals surface area contributed by atoms with Gasteiger partial charge in [-0.25, -0.2) is 0 Å². The van der Waals surface area contributed by atoms with E-state index in [0.29, 0.717) is 18.0 Å². The van der Waals surface area contributed by atoms with Crippen molar-refractivity contribution in [2.45, 2.75) is 46.0 Å². The molecule has 0 atom stereocenters. The third kappa shape index (κ3) is 4.75. The lowest BCUT2D eigenvalue weighted by Crippen LogP contribution is -2.01. The van der Waals surface area contributed by atoms with Crippen LogP contribution in [-0.2, 0) is 0 Å². The summed E-state index contributed by atoms with van der Waals surface area (Å²) in [4.78, 5) is 1.46. The van der Waals surface area contributed by atoms with Crippen LogP contribution in [0.1, 0.15) is 46.0 Å². The van der Waals surface area contributed by atoms with Crippen LogP contribution in [0.5, 0.6) is 11.5 Å². The molecule has 5 nitrogen and oxygen atoms in total. The zero-order valence-corrected chi connectivity index (χ0v) is 15.6. The number of rotatable bonds is 9. The van der Waals surface area contributed by atoms with E-state index in [1.165, 1.54) is 30.5 Å². The molecule has 0 aliphatic rings. The van der Waals surface area contributed by atoms with Crippen LogP contribution in [0.25, 0.3) is 16.7 Å². The molecule has 1 heterocycles. The molecule has 0 saturated heterocycles. The first-order valence-corrected chi connectivity index (χ1v) is 9.42. The summed E-state index contributed by atoms with van der Waals surface area (Å²) in [7, 11) is 0. The number of hydrogen-bond acceptors (Lipinski definition) is 4. The molecule has 0 unspecified atom stereocenters. The van der Waals surface area contributed by atoms with Crippen molar-refractivity contribution >= 4 is 11.0 Å². The second kappa shape index (κ2) is 8.70. The highest BCUT2D eigenvalue weighted by Crippen LogP contribution is 2.27. The van der Waals surface area contributed by atoms with Gasteiger partial charge in [0.25, 0.3) is 0 Å². The highest BCUT2D eigenvalue weighted by atomic mass is 16.5. The second-order valence-electron chi connectivity index (χ2n) is 7.07. The van der Waals surface area contributed by atoms with E-state index in [1.54, 1.807) is 12.1 Å². The van der Waals surface area contributed by atoms with E-state index in [0.717, 1.165) is 23.4 Å². The van der Waals surface area contributed by atoms with Gasteiger partial charge >= 0.3 is 0 Å². The minimum Gasteiger partial charge on any atom is -0.505 e. The summed E-state index contributed by atoms with van der Waals surface area (Å²) in [6.07, 6.45) is 6.06. The van der Waals surface area contributed by atoms with E-state index in [4.69, 9.17) is 4.74 Å². The molecule has 3 aromatic rings. The summed E-state index contributed by atoms with van der Waals surface area (Å²) >= 11 is 0. The molecular formula is C21H27N3O2. The number of unbranched alkanes of at least 4 members (excludes halogenated alkanes) is 3. The fraction of sp³-hybridized carbons (Fsp3) is 0.429. The number of nitrogens with zero attached hydrogens (tertiary/aromatic N) is 3. The Morgan fingerprint density at radius 1 is 0.962 bits per heavy atom. The van der Waals surface area contributed by atoms with E-state index in [1.807, 2.05) is 30.3 Å². The quantitative estimate of drug-likeness (QED) is 0.543. The largest absolute Gasteiger partial charge is 0.505 e. The smallest absolute Gasteiger partial charge is 0.146 e. The van der Waals surface area contributed by atoms with Crippen molar-refractivity contribution in [2.24, 2.45) is 5.92 Å². The Balaban J connectivity index is 1.53. The SMILES string of the molecule is CC(C)CCCCCCOc1ccc(-n2nc3ccccc3n2)c(O)c1. The Morgan fingerprint density at radius 3 is 2.31 bits per heavy atom. The highest BCUT2D eigenvalue weighted by Gasteiger charge is 2.09. The van der Waals surface area contributed by atoms with Crippen molar-refractivity contribution < 1.29 is 9.84 Å². The van der Waals surface area contributed by atoms with Gasteiger partial charge in [-0.05, 0) is 36.6 Å². The van der Waals surface area contributed by atoms with Gasteiger partial charge in [0.1, 0.15) is 28.2 Å². The molecule has 0 saturated carbocycles. The molecule has 138 valence electrons. The predicted molar refractivity (Wildman–Crippen MR) is 104 cm³/mol. The number of phenolic OH excluding ortho intramolecular Hbond substituents is 1. The minimum atomic E-state index is 0.111. The normalized spacial score (nSPS) is 11.3. The summed E-state index contributed by atoms with van der Waals surface area (Å²) in [5, 5.41) is 19.1. The Hall–Kier alpha value is -2.56. The number of hydrogen-bond donors (Lipinski definition) is 1. The van der Waals surface area contributed by atoms with Crippen molar-refractivity contribution in [3.63, 3.8) is 0 Å². The van der Waals surface area contributed by atoms with E-state index < -0.39 is 0 Å². The molecule has 0 bridgehead atoms. The van der Waals surface area contributed by atoms with E-state index in [-0.39, 0.29) is 5.75 Å². The van der Waals surface area contributed by atoms with Crippen LogP contribution in [0, 0.1) is 5.92 Å². The second-order valence-corrected chi connectivity index (χ2v) is 7.07. The average Bonchev–Trinajstić information content (AvgIpc) is 3.04. The molecule has 3 rings (SSSR count). The van der Waals surface area contributed by atoms with Crippen molar-refractivity contribution in [1.82, 2.24) is 15.0 Å². The molecule has 0 fully saturated rings. The van der Waals surface area contributed by atoms with Crippen LogP contribution >= 0.6 is 0 Å². The third-order valence-corrected chi connectivity index (χ3v) is 4.39. The van der Waals surface area contributed by atoms with Crippen molar-refractivity contribution in [3.8, 4) is 17.2 Å². The minimum absolute atomic E-state index is 0.111. The van der Waals surface area contributed by atoms with E-state index in [2.05, 4.69) is 24.0 Å². The van der Waals surface area contributed by atoms with Gasteiger partial charge in [-0.15, -0.1) is 15.0 Å². The van der Waals surface area contributed by atoms with Crippen molar-refractivity contribution in [2.75, 3.05) is 6.61 Å². The Kier molecular flexibility index (Phi) is 6.10. The van der Waals surface area contributed by atoms with E-state index in [9.17, 15) is 5.11 Å². The van der Waals surface area contributed by atoms with Gasteiger partial charge in [-0.3, -0.25) is 0 Å². The monoisotopic (exact) mass is 353 g/mol. The standard InChI is InChI=1S/C21H27N3O2/c1-16(2)9-5-3-4-8-14-26-17-12-13-20(21(25)15-17)24-22-18-10-6-7-11-19(18)23-24/h6-7,10-13,15-16,25H,3-5,8-9,14H2,1-2H3. The maximum Gasteiger partial charge on any atom is 0.146 e. The van der Waals surface area contributed by atoms with Crippen LogP contribution in [0.3, 0.4) is 0 Å². The number of aromatic nitrogens is 3. The lowest BCUT2D eigenvalue weighted by molar-refractivity contribution is 0.302. The first-order chi connectivity index (χ1) is 12.6. The molecule has 0 amide bonds. The zero-order chi connectivity index (χ0) is 18.4. The Labute approximate surface area is 154 Å². The van der Waals surface area contributed by atoms with Gasteiger partial charge in [0.15, 0.2) is 0 Å².